The molecule has 1 aliphatic carbocycles. The first-order chi connectivity index (χ1) is 9.72. The fraction of sp³-hybridized carbons (Fsp3) is 0.667. The van der Waals surface area contributed by atoms with Gasteiger partial charge in [0.05, 0.1) is 18.1 Å². The maximum absolute atomic E-state index is 11.8. The Labute approximate surface area is 119 Å². The number of nitrogens with one attached hydrogen (secondary N) is 1. The number of amides is 1. The van der Waals surface area contributed by atoms with Gasteiger partial charge in [-0.25, -0.2) is 9.97 Å². The first-order valence-corrected chi connectivity index (χ1v) is 7.60. The van der Waals surface area contributed by atoms with Gasteiger partial charge in [-0.2, -0.15) is 0 Å². The second kappa shape index (κ2) is 5.77. The largest absolute Gasteiger partial charge is 0.341 e. The number of hydrogen-bond donors (Lipinski definition) is 1. The van der Waals surface area contributed by atoms with E-state index in [-0.39, 0.29) is 11.8 Å². The highest BCUT2D eigenvalue weighted by Gasteiger charge is 2.25. The molecule has 1 amide bonds. The monoisotopic (exact) mass is 274 g/mol. The van der Waals surface area contributed by atoms with Crippen molar-refractivity contribution in [1.29, 1.82) is 0 Å². The molecule has 0 spiro atoms. The lowest BCUT2D eigenvalue weighted by molar-refractivity contribution is -0.122. The van der Waals surface area contributed by atoms with Gasteiger partial charge in [0.25, 0.3) is 0 Å². The number of hydrogen-bond acceptors (Lipinski definition) is 4. The van der Waals surface area contributed by atoms with E-state index in [0.717, 1.165) is 37.8 Å². The third-order valence-electron chi connectivity index (χ3n) is 4.45. The summed E-state index contributed by atoms with van der Waals surface area (Å²) in [6.45, 7) is 4.33. The van der Waals surface area contributed by atoms with E-state index in [2.05, 4.69) is 27.1 Å². The van der Waals surface area contributed by atoms with E-state index in [4.69, 9.17) is 0 Å². The normalized spacial score (nSPS) is 20.6. The molecule has 1 N–H and O–H groups in total. The molecular weight excluding hydrogens is 252 g/mol. The zero-order valence-corrected chi connectivity index (χ0v) is 12.0. The Hall–Kier alpha value is -1.65. The van der Waals surface area contributed by atoms with Gasteiger partial charge in [-0.1, -0.05) is 13.3 Å². The van der Waals surface area contributed by atoms with Gasteiger partial charge < -0.3 is 10.2 Å². The standard InChI is InChI=1S/C15H22N4O/c1-11-5-7-19(8-6-11)15-16-9-13(10-17-15)18-14(20)12-3-2-4-12/h9-12H,2-8H2,1H3,(H,18,20). The van der Waals surface area contributed by atoms with Gasteiger partial charge in [0.15, 0.2) is 0 Å². The molecule has 3 rings (SSSR count). The van der Waals surface area contributed by atoms with Crippen LogP contribution in [0.15, 0.2) is 12.4 Å². The Morgan fingerprint density at radius 1 is 1.20 bits per heavy atom. The summed E-state index contributed by atoms with van der Waals surface area (Å²) in [4.78, 5) is 22.8. The average molecular weight is 274 g/mol. The first kappa shape index (κ1) is 13.3. The molecule has 2 fully saturated rings. The van der Waals surface area contributed by atoms with Crippen LogP contribution in [0.4, 0.5) is 11.6 Å². The highest BCUT2D eigenvalue weighted by Crippen LogP contribution is 2.27. The highest BCUT2D eigenvalue weighted by molar-refractivity contribution is 5.92. The van der Waals surface area contributed by atoms with Crippen LogP contribution in [0.25, 0.3) is 0 Å². The molecule has 1 saturated carbocycles. The molecule has 5 nitrogen and oxygen atoms in total. The number of aromatic nitrogens is 2. The van der Waals surface area contributed by atoms with E-state index < -0.39 is 0 Å². The number of carbonyl (C=O) groups is 1. The quantitative estimate of drug-likeness (QED) is 0.919. The van der Waals surface area contributed by atoms with Crippen molar-refractivity contribution in [3.63, 3.8) is 0 Å². The summed E-state index contributed by atoms with van der Waals surface area (Å²) in [7, 11) is 0. The van der Waals surface area contributed by atoms with Gasteiger partial charge >= 0.3 is 0 Å². The second-order valence-electron chi connectivity index (χ2n) is 6.06. The van der Waals surface area contributed by atoms with Crippen molar-refractivity contribution in [2.45, 2.75) is 39.0 Å². The first-order valence-electron chi connectivity index (χ1n) is 7.60. The Morgan fingerprint density at radius 3 is 2.40 bits per heavy atom. The molecule has 1 aliphatic heterocycles. The molecule has 5 heteroatoms. The van der Waals surface area contributed by atoms with Crippen LogP contribution in [0.2, 0.25) is 0 Å². The smallest absolute Gasteiger partial charge is 0.227 e. The molecule has 0 aromatic carbocycles. The second-order valence-corrected chi connectivity index (χ2v) is 6.06. The predicted molar refractivity (Wildman–Crippen MR) is 78.6 cm³/mol. The lowest BCUT2D eigenvalue weighted by atomic mass is 9.85. The van der Waals surface area contributed by atoms with E-state index in [1.807, 2.05) is 0 Å². The van der Waals surface area contributed by atoms with Crippen molar-refractivity contribution in [2.75, 3.05) is 23.3 Å². The van der Waals surface area contributed by atoms with Crippen LogP contribution in [0.5, 0.6) is 0 Å². The van der Waals surface area contributed by atoms with Crippen molar-refractivity contribution in [1.82, 2.24) is 9.97 Å². The molecule has 1 saturated heterocycles. The SMILES string of the molecule is CC1CCN(c2ncc(NC(=O)C3CCC3)cn2)CC1. The molecule has 20 heavy (non-hydrogen) atoms. The lowest BCUT2D eigenvalue weighted by Crippen LogP contribution is -2.34. The van der Waals surface area contributed by atoms with Crippen LogP contribution < -0.4 is 10.2 Å². The van der Waals surface area contributed by atoms with Gasteiger partial charge in [0, 0.05) is 19.0 Å². The molecule has 2 aliphatic rings. The van der Waals surface area contributed by atoms with E-state index >= 15 is 0 Å². The summed E-state index contributed by atoms with van der Waals surface area (Å²) in [5.41, 5.74) is 0.705. The summed E-state index contributed by atoms with van der Waals surface area (Å²) in [5.74, 6) is 1.88. The summed E-state index contributed by atoms with van der Waals surface area (Å²) in [6, 6.07) is 0. The van der Waals surface area contributed by atoms with E-state index in [1.54, 1.807) is 12.4 Å². The fourth-order valence-electron chi connectivity index (χ4n) is 2.67. The third-order valence-corrected chi connectivity index (χ3v) is 4.45. The van der Waals surface area contributed by atoms with Gasteiger partial charge in [-0.05, 0) is 31.6 Å². The van der Waals surface area contributed by atoms with Crippen LogP contribution >= 0.6 is 0 Å². The molecule has 0 bridgehead atoms. The average Bonchev–Trinajstić information content (AvgIpc) is 2.38. The van der Waals surface area contributed by atoms with Crippen LogP contribution in [0.3, 0.4) is 0 Å². The van der Waals surface area contributed by atoms with Crippen LogP contribution in [-0.2, 0) is 4.79 Å². The van der Waals surface area contributed by atoms with Crippen molar-refractivity contribution < 1.29 is 4.79 Å². The number of anilines is 2. The maximum atomic E-state index is 11.8. The van der Waals surface area contributed by atoms with E-state index in [1.165, 1.54) is 19.3 Å². The maximum Gasteiger partial charge on any atom is 0.227 e. The molecular formula is C15H22N4O. The molecule has 0 unspecified atom stereocenters. The summed E-state index contributed by atoms with van der Waals surface area (Å²) in [6.07, 6.45) is 9.02. The zero-order valence-electron chi connectivity index (χ0n) is 12.0. The minimum atomic E-state index is 0.111. The topological polar surface area (TPSA) is 58.1 Å². The Morgan fingerprint density at radius 2 is 1.85 bits per heavy atom. The van der Waals surface area contributed by atoms with Gasteiger partial charge in [0.1, 0.15) is 0 Å². The summed E-state index contributed by atoms with van der Waals surface area (Å²) in [5, 5.41) is 2.90. The van der Waals surface area contributed by atoms with Crippen LogP contribution in [-0.4, -0.2) is 29.0 Å². The van der Waals surface area contributed by atoms with Crippen LogP contribution in [0.1, 0.15) is 39.0 Å². The summed E-state index contributed by atoms with van der Waals surface area (Å²) >= 11 is 0. The zero-order chi connectivity index (χ0) is 13.9. The molecule has 0 radical (unpaired) electrons. The molecule has 2 heterocycles. The number of piperidine rings is 1. The van der Waals surface area contributed by atoms with Gasteiger partial charge in [0.2, 0.25) is 11.9 Å². The van der Waals surface area contributed by atoms with Crippen molar-refractivity contribution in [2.24, 2.45) is 11.8 Å². The fourth-order valence-corrected chi connectivity index (χ4v) is 2.67. The predicted octanol–water partition coefficient (Wildman–Crippen LogP) is 2.45. The molecule has 1 aromatic rings. The van der Waals surface area contributed by atoms with Gasteiger partial charge in [-0.3, -0.25) is 4.79 Å². The van der Waals surface area contributed by atoms with E-state index in [0.29, 0.717) is 5.69 Å². The minimum absolute atomic E-state index is 0.111. The molecule has 108 valence electrons. The third kappa shape index (κ3) is 2.92. The van der Waals surface area contributed by atoms with Crippen LogP contribution in [0, 0.1) is 11.8 Å². The Bertz CT molecular complexity index is 461. The van der Waals surface area contributed by atoms with E-state index in [9.17, 15) is 4.79 Å². The lowest BCUT2D eigenvalue weighted by Gasteiger charge is -2.30. The number of rotatable bonds is 3. The molecule has 1 aromatic heterocycles. The number of nitrogens with zero attached hydrogens (tertiary/aromatic N) is 3. The van der Waals surface area contributed by atoms with Crippen molar-refractivity contribution >= 4 is 17.5 Å². The molecule has 0 atom stereocenters. The van der Waals surface area contributed by atoms with Crippen molar-refractivity contribution in [3.05, 3.63) is 12.4 Å². The summed E-state index contributed by atoms with van der Waals surface area (Å²) < 4.78 is 0. The Balaban J connectivity index is 1.58. The number of carbonyl (C=O) groups excluding carboxylic acids is 1. The van der Waals surface area contributed by atoms with Gasteiger partial charge in [-0.15, -0.1) is 0 Å². The highest BCUT2D eigenvalue weighted by atomic mass is 16.1. The minimum Gasteiger partial charge on any atom is -0.341 e. The van der Waals surface area contributed by atoms with Crippen molar-refractivity contribution in [3.8, 4) is 0 Å². The Kier molecular flexibility index (Phi) is 3.85.